The zero-order valence-corrected chi connectivity index (χ0v) is 11.6. The van der Waals surface area contributed by atoms with Crippen molar-refractivity contribution in [2.24, 2.45) is 0 Å². The van der Waals surface area contributed by atoms with E-state index < -0.39 is 0 Å². The minimum Gasteiger partial charge on any atom is -0.492 e. The van der Waals surface area contributed by atoms with Crippen LogP contribution in [0.4, 0.5) is 0 Å². The van der Waals surface area contributed by atoms with E-state index in [0.29, 0.717) is 0 Å². The van der Waals surface area contributed by atoms with Gasteiger partial charge in [0, 0.05) is 12.0 Å². The van der Waals surface area contributed by atoms with Crippen LogP contribution in [-0.2, 0) is 0 Å². The summed E-state index contributed by atoms with van der Waals surface area (Å²) in [5.74, 6) is 2.54. The predicted octanol–water partition coefficient (Wildman–Crippen LogP) is 4.65. The summed E-state index contributed by atoms with van der Waals surface area (Å²) in [4.78, 5) is 0. The molecule has 0 unspecified atom stereocenters. The summed E-state index contributed by atoms with van der Waals surface area (Å²) < 4.78 is 11.5. The van der Waals surface area contributed by atoms with Gasteiger partial charge in [-0.25, -0.2) is 0 Å². The van der Waals surface area contributed by atoms with Gasteiger partial charge in [0.1, 0.15) is 5.76 Å². The molecule has 2 nitrogen and oxygen atoms in total. The first-order chi connectivity index (χ1) is 9.86. The summed E-state index contributed by atoms with van der Waals surface area (Å²) in [5.41, 5.74) is 2.48. The van der Waals surface area contributed by atoms with Crippen molar-refractivity contribution in [3.63, 3.8) is 0 Å². The molecular weight excluding hydrogens is 248 g/mol. The lowest BCUT2D eigenvalue weighted by Gasteiger charge is -2.13. The van der Waals surface area contributed by atoms with Crippen LogP contribution >= 0.6 is 0 Å². The van der Waals surface area contributed by atoms with E-state index in [0.717, 1.165) is 42.1 Å². The Labute approximate surface area is 119 Å². The van der Waals surface area contributed by atoms with Crippen LogP contribution in [0.5, 0.6) is 11.5 Å². The van der Waals surface area contributed by atoms with Crippen LogP contribution in [0, 0.1) is 0 Å². The summed E-state index contributed by atoms with van der Waals surface area (Å²) >= 11 is 0. The molecule has 0 fully saturated rings. The topological polar surface area (TPSA) is 18.5 Å². The molecule has 0 aromatic heterocycles. The Morgan fingerprint density at radius 2 is 1.90 bits per heavy atom. The molecule has 0 saturated heterocycles. The summed E-state index contributed by atoms with van der Waals surface area (Å²) in [6, 6.07) is 6.03. The van der Waals surface area contributed by atoms with Crippen LogP contribution in [0.15, 0.2) is 59.9 Å². The Bertz CT molecular complexity index is 608. The van der Waals surface area contributed by atoms with Gasteiger partial charge in [0.2, 0.25) is 0 Å². The molecule has 0 heterocycles. The fourth-order valence-electron chi connectivity index (χ4n) is 2.48. The highest BCUT2D eigenvalue weighted by atomic mass is 16.5. The molecule has 0 amide bonds. The number of allylic oxidation sites excluding steroid dienone is 6. The van der Waals surface area contributed by atoms with Gasteiger partial charge in [-0.2, -0.15) is 0 Å². The summed E-state index contributed by atoms with van der Waals surface area (Å²) in [6.07, 6.45) is 15.6. The summed E-state index contributed by atoms with van der Waals surface area (Å²) in [7, 11) is 1.69. The van der Waals surface area contributed by atoms with Gasteiger partial charge in [-0.05, 0) is 25.0 Å². The van der Waals surface area contributed by atoms with Crippen molar-refractivity contribution >= 4 is 6.08 Å². The van der Waals surface area contributed by atoms with Crippen molar-refractivity contribution in [3.05, 3.63) is 65.5 Å². The van der Waals surface area contributed by atoms with Crippen molar-refractivity contribution in [1.29, 1.82) is 0 Å². The Balaban J connectivity index is 1.88. The van der Waals surface area contributed by atoms with Crippen molar-refractivity contribution in [3.8, 4) is 11.5 Å². The van der Waals surface area contributed by atoms with Gasteiger partial charge >= 0.3 is 0 Å². The summed E-state index contributed by atoms with van der Waals surface area (Å²) in [6.45, 7) is 0. The van der Waals surface area contributed by atoms with E-state index in [1.807, 2.05) is 24.3 Å². The largest absolute Gasteiger partial charge is 0.492 e. The Morgan fingerprint density at radius 3 is 2.60 bits per heavy atom. The first kappa shape index (κ1) is 12.8. The standard InChI is InChI=1S/C18H18O2/c1-19-18-15(13-14-7-2-3-8-14)9-6-12-17(18)20-16-10-4-5-11-16/h2-6,9-10,12-13H,7-8,11H2,1H3. The van der Waals surface area contributed by atoms with Gasteiger partial charge in [0.15, 0.2) is 11.5 Å². The van der Waals surface area contributed by atoms with E-state index in [4.69, 9.17) is 9.47 Å². The van der Waals surface area contributed by atoms with Crippen LogP contribution < -0.4 is 9.47 Å². The number of methoxy groups -OCH3 is 1. The molecular formula is C18H18O2. The number of benzene rings is 1. The third kappa shape index (κ3) is 2.69. The zero-order valence-electron chi connectivity index (χ0n) is 11.6. The van der Waals surface area contributed by atoms with Crippen molar-refractivity contribution in [2.45, 2.75) is 19.3 Å². The number of rotatable bonds is 4. The highest BCUT2D eigenvalue weighted by molar-refractivity contribution is 5.65. The van der Waals surface area contributed by atoms with Gasteiger partial charge in [-0.15, -0.1) is 0 Å². The van der Waals surface area contributed by atoms with Crippen LogP contribution in [0.1, 0.15) is 24.8 Å². The molecule has 0 radical (unpaired) electrons. The summed E-state index contributed by atoms with van der Waals surface area (Å²) in [5, 5.41) is 0. The Hall–Kier alpha value is -2.22. The monoisotopic (exact) mass is 266 g/mol. The minimum atomic E-state index is 0.780. The minimum absolute atomic E-state index is 0.780. The number of hydrogen-bond acceptors (Lipinski definition) is 2. The molecule has 20 heavy (non-hydrogen) atoms. The van der Waals surface area contributed by atoms with E-state index >= 15 is 0 Å². The van der Waals surface area contributed by atoms with Gasteiger partial charge in [0.25, 0.3) is 0 Å². The van der Waals surface area contributed by atoms with Crippen LogP contribution in [-0.4, -0.2) is 7.11 Å². The SMILES string of the molecule is COc1c(C=C2CC=CC2)cccc1OC1=CC=CC1. The molecule has 2 aliphatic rings. The second-order valence-corrected chi connectivity index (χ2v) is 4.93. The van der Waals surface area contributed by atoms with Crippen molar-refractivity contribution in [2.75, 3.05) is 7.11 Å². The lowest BCUT2D eigenvalue weighted by molar-refractivity contribution is 0.357. The highest BCUT2D eigenvalue weighted by Gasteiger charge is 2.12. The quantitative estimate of drug-likeness (QED) is 0.738. The van der Waals surface area contributed by atoms with Crippen LogP contribution in [0.3, 0.4) is 0 Å². The Morgan fingerprint density at radius 1 is 1.05 bits per heavy atom. The highest BCUT2D eigenvalue weighted by Crippen LogP contribution is 2.35. The maximum Gasteiger partial charge on any atom is 0.169 e. The Kier molecular flexibility index (Phi) is 3.73. The zero-order chi connectivity index (χ0) is 13.8. The van der Waals surface area contributed by atoms with Crippen molar-refractivity contribution < 1.29 is 9.47 Å². The molecule has 0 spiro atoms. The molecule has 0 aliphatic heterocycles. The van der Waals surface area contributed by atoms with Crippen molar-refractivity contribution in [1.82, 2.24) is 0 Å². The average Bonchev–Trinajstić information content (AvgIpc) is 3.13. The molecule has 0 N–H and O–H groups in total. The lowest BCUT2D eigenvalue weighted by Crippen LogP contribution is -1.97. The van der Waals surface area contributed by atoms with Gasteiger partial charge in [-0.1, -0.05) is 48.1 Å². The van der Waals surface area contributed by atoms with Crippen LogP contribution in [0.25, 0.3) is 6.08 Å². The smallest absolute Gasteiger partial charge is 0.169 e. The van der Waals surface area contributed by atoms with Crippen LogP contribution in [0.2, 0.25) is 0 Å². The maximum absolute atomic E-state index is 5.93. The van der Waals surface area contributed by atoms with E-state index in [-0.39, 0.29) is 0 Å². The second kappa shape index (κ2) is 5.83. The van der Waals surface area contributed by atoms with E-state index in [2.05, 4.69) is 30.4 Å². The normalized spacial score (nSPS) is 16.4. The molecule has 102 valence electrons. The molecule has 0 atom stereocenters. The molecule has 0 saturated carbocycles. The molecule has 3 rings (SSSR count). The molecule has 0 bridgehead atoms. The molecule has 1 aromatic rings. The molecule has 2 heteroatoms. The maximum atomic E-state index is 5.93. The molecule has 2 aliphatic carbocycles. The number of ether oxygens (including phenoxy) is 2. The van der Waals surface area contributed by atoms with E-state index in [9.17, 15) is 0 Å². The third-order valence-corrected chi connectivity index (χ3v) is 3.48. The molecule has 1 aromatic carbocycles. The van der Waals surface area contributed by atoms with Gasteiger partial charge in [0.05, 0.1) is 7.11 Å². The van der Waals surface area contributed by atoms with E-state index in [1.54, 1.807) is 7.11 Å². The predicted molar refractivity (Wildman–Crippen MR) is 81.8 cm³/mol. The van der Waals surface area contributed by atoms with E-state index in [1.165, 1.54) is 5.57 Å². The number of hydrogen-bond donors (Lipinski definition) is 0. The van der Waals surface area contributed by atoms with Gasteiger partial charge in [-0.3, -0.25) is 0 Å². The number of para-hydroxylation sites is 1. The fourth-order valence-corrected chi connectivity index (χ4v) is 2.48. The van der Waals surface area contributed by atoms with Gasteiger partial charge < -0.3 is 9.47 Å². The first-order valence-corrected chi connectivity index (χ1v) is 6.92. The fraction of sp³-hybridized carbons (Fsp3) is 0.222. The average molecular weight is 266 g/mol. The first-order valence-electron chi connectivity index (χ1n) is 6.92. The second-order valence-electron chi connectivity index (χ2n) is 4.93. The lowest BCUT2D eigenvalue weighted by atomic mass is 10.1. The third-order valence-electron chi connectivity index (χ3n) is 3.48.